The lowest BCUT2D eigenvalue weighted by atomic mass is 10.0. The lowest BCUT2D eigenvalue weighted by Crippen LogP contribution is -2.20. The molecule has 0 bridgehead atoms. The fraction of sp³-hybridized carbons (Fsp3) is 0.385. The van der Waals surface area contributed by atoms with Crippen molar-refractivity contribution in [2.75, 3.05) is 13.1 Å². The first-order chi connectivity index (χ1) is 8.27. The first kappa shape index (κ1) is 13.1. The first-order valence-electron chi connectivity index (χ1n) is 5.97. The summed E-state index contributed by atoms with van der Waals surface area (Å²) in [5, 5.41) is 4.50. The molecule has 1 aliphatic heterocycles. The molecule has 0 aliphatic carbocycles. The number of halogens is 1. The minimum atomic E-state index is 0. The lowest BCUT2D eigenvalue weighted by molar-refractivity contribution is 0.737. The average molecular weight is 265 g/mol. The van der Waals surface area contributed by atoms with Crippen molar-refractivity contribution in [2.45, 2.75) is 20.3 Å². The van der Waals surface area contributed by atoms with Crippen LogP contribution in [0.3, 0.4) is 0 Å². The monoisotopic (exact) mass is 264 g/mol. The maximum Gasteiger partial charge on any atom is 0.141 e. The van der Waals surface area contributed by atoms with E-state index in [4.69, 9.17) is 0 Å². The molecular weight excluding hydrogens is 248 g/mol. The second kappa shape index (κ2) is 5.08. The summed E-state index contributed by atoms with van der Waals surface area (Å²) >= 11 is 0. The van der Waals surface area contributed by atoms with Crippen LogP contribution in [0.2, 0.25) is 0 Å². The van der Waals surface area contributed by atoms with Crippen LogP contribution in [0.4, 0.5) is 0 Å². The Morgan fingerprint density at radius 2 is 2.06 bits per heavy atom. The molecule has 2 aromatic heterocycles. The van der Waals surface area contributed by atoms with Crippen molar-refractivity contribution in [3.63, 3.8) is 0 Å². The Hall–Kier alpha value is -1.39. The Kier molecular flexibility index (Phi) is 3.68. The number of aromatic nitrogens is 3. The number of hydrogen-bond acceptors (Lipinski definition) is 3. The van der Waals surface area contributed by atoms with E-state index >= 15 is 0 Å². The van der Waals surface area contributed by atoms with Crippen molar-refractivity contribution in [2.24, 2.45) is 0 Å². The molecule has 0 unspecified atom stereocenters. The van der Waals surface area contributed by atoms with Crippen LogP contribution in [0.15, 0.2) is 12.4 Å². The van der Waals surface area contributed by atoms with E-state index in [1.54, 1.807) is 6.33 Å². The number of aryl methyl sites for hydroxylation is 2. The van der Waals surface area contributed by atoms with Crippen LogP contribution in [-0.4, -0.2) is 28.0 Å². The largest absolute Gasteiger partial charge is 0.343 e. The van der Waals surface area contributed by atoms with Crippen molar-refractivity contribution in [3.8, 4) is 0 Å². The van der Waals surface area contributed by atoms with Crippen LogP contribution in [-0.2, 0) is 0 Å². The Labute approximate surface area is 112 Å². The summed E-state index contributed by atoms with van der Waals surface area (Å²) < 4.78 is 0. The van der Waals surface area contributed by atoms with Gasteiger partial charge in [0, 0.05) is 17.6 Å². The van der Waals surface area contributed by atoms with Crippen LogP contribution < -0.4 is 5.32 Å². The fourth-order valence-electron chi connectivity index (χ4n) is 2.38. The van der Waals surface area contributed by atoms with Gasteiger partial charge < -0.3 is 10.3 Å². The summed E-state index contributed by atoms with van der Waals surface area (Å²) in [6.45, 7) is 6.17. The number of hydrogen-bond donors (Lipinski definition) is 2. The molecule has 0 amide bonds. The Morgan fingerprint density at radius 1 is 1.22 bits per heavy atom. The summed E-state index contributed by atoms with van der Waals surface area (Å²) in [5.41, 5.74) is 5.81. The molecule has 1 aliphatic rings. The zero-order valence-corrected chi connectivity index (χ0v) is 11.4. The maximum absolute atomic E-state index is 4.48. The van der Waals surface area contributed by atoms with E-state index in [9.17, 15) is 0 Å². The average Bonchev–Trinajstić information content (AvgIpc) is 2.66. The first-order valence-corrected chi connectivity index (χ1v) is 5.97. The maximum atomic E-state index is 4.48. The highest BCUT2D eigenvalue weighted by Crippen LogP contribution is 2.28. The van der Waals surface area contributed by atoms with Crippen molar-refractivity contribution in [1.29, 1.82) is 0 Å². The van der Waals surface area contributed by atoms with Gasteiger partial charge in [0.15, 0.2) is 0 Å². The van der Waals surface area contributed by atoms with Gasteiger partial charge in [-0.15, -0.1) is 12.4 Å². The molecule has 3 heterocycles. The minimum absolute atomic E-state index is 0. The van der Waals surface area contributed by atoms with E-state index in [1.165, 1.54) is 22.2 Å². The fourth-order valence-corrected chi connectivity index (χ4v) is 2.38. The predicted octanol–water partition coefficient (Wildman–Crippen LogP) is 2.37. The zero-order valence-electron chi connectivity index (χ0n) is 10.6. The van der Waals surface area contributed by atoms with Gasteiger partial charge in [-0.25, -0.2) is 9.97 Å². The van der Waals surface area contributed by atoms with Gasteiger partial charge in [0.05, 0.1) is 5.69 Å². The summed E-state index contributed by atoms with van der Waals surface area (Å²) in [7, 11) is 0. The van der Waals surface area contributed by atoms with Gasteiger partial charge in [0.2, 0.25) is 0 Å². The van der Waals surface area contributed by atoms with Crippen LogP contribution in [0.25, 0.3) is 16.6 Å². The predicted molar refractivity (Wildman–Crippen MR) is 76.1 cm³/mol. The molecule has 0 aromatic carbocycles. The third kappa shape index (κ3) is 2.02. The van der Waals surface area contributed by atoms with Gasteiger partial charge >= 0.3 is 0 Å². The molecule has 3 rings (SSSR count). The SMILES string of the molecule is Cc1[nH]c2ncnc(C3=CCNCC3)c2c1C.Cl. The second-order valence-corrected chi connectivity index (χ2v) is 4.50. The van der Waals surface area contributed by atoms with Crippen molar-refractivity contribution < 1.29 is 0 Å². The molecule has 5 heteroatoms. The molecule has 0 spiro atoms. The second-order valence-electron chi connectivity index (χ2n) is 4.50. The highest BCUT2D eigenvalue weighted by Gasteiger charge is 2.15. The smallest absolute Gasteiger partial charge is 0.141 e. The van der Waals surface area contributed by atoms with Gasteiger partial charge in [-0.3, -0.25) is 0 Å². The van der Waals surface area contributed by atoms with Crippen LogP contribution in [0, 0.1) is 13.8 Å². The lowest BCUT2D eigenvalue weighted by Gasteiger charge is -2.14. The summed E-state index contributed by atoms with van der Waals surface area (Å²) in [6, 6.07) is 0. The Morgan fingerprint density at radius 3 is 2.78 bits per heavy atom. The minimum Gasteiger partial charge on any atom is -0.343 e. The van der Waals surface area contributed by atoms with Crippen LogP contribution in [0.5, 0.6) is 0 Å². The van der Waals surface area contributed by atoms with Crippen LogP contribution in [0.1, 0.15) is 23.4 Å². The van der Waals surface area contributed by atoms with Gasteiger partial charge in [-0.05, 0) is 37.9 Å². The van der Waals surface area contributed by atoms with Gasteiger partial charge in [0.1, 0.15) is 12.0 Å². The van der Waals surface area contributed by atoms with Crippen molar-refractivity contribution >= 4 is 29.0 Å². The Balaban J connectivity index is 0.00000120. The van der Waals surface area contributed by atoms with E-state index < -0.39 is 0 Å². The number of nitrogens with zero attached hydrogens (tertiary/aromatic N) is 2. The molecule has 0 saturated heterocycles. The van der Waals surface area contributed by atoms with Crippen molar-refractivity contribution in [3.05, 3.63) is 29.4 Å². The molecule has 0 radical (unpaired) electrons. The topological polar surface area (TPSA) is 53.6 Å². The van der Waals surface area contributed by atoms with E-state index in [1.807, 2.05) is 0 Å². The van der Waals surface area contributed by atoms with Gasteiger partial charge in [-0.2, -0.15) is 0 Å². The number of aromatic amines is 1. The molecule has 0 fully saturated rings. The number of rotatable bonds is 1. The normalized spacial score (nSPS) is 15.3. The van der Waals surface area contributed by atoms with E-state index in [2.05, 4.69) is 40.2 Å². The summed E-state index contributed by atoms with van der Waals surface area (Å²) in [4.78, 5) is 12.1. The molecule has 2 N–H and O–H groups in total. The third-order valence-corrected chi connectivity index (χ3v) is 3.46. The molecule has 2 aromatic rings. The molecular formula is C13H17ClN4. The van der Waals surface area contributed by atoms with E-state index in [0.29, 0.717) is 0 Å². The number of H-pyrrole nitrogens is 1. The molecule has 0 atom stereocenters. The number of fused-ring (bicyclic) bond motifs is 1. The standard InChI is InChI=1S/C13H16N4.ClH/c1-8-9(2)17-13-11(8)12(15-7-16-13)10-3-5-14-6-4-10;/h3,7,14H,4-6H2,1-2H3,(H,15,16,17);1H. The summed E-state index contributed by atoms with van der Waals surface area (Å²) in [6.07, 6.45) is 4.92. The molecule has 96 valence electrons. The van der Waals surface area contributed by atoms with Gasteiger partial charge in [0.25, 0.3) is 0 Å². The highest BCUT2D eigenvalue weighted by atomic mass is 35.5. The van der Waals surface area contributed by atoms with Gasteiger partial charge in [-0.1, -0.05) is 6.08 Å². The summed E-state index contributed by atoms with van der Waals surface area (Å²) in [5.74, 6) is 0. The highest BCUT2D eigenvalue weighted by molar-refractivity contribution is 5.91. The molecule has 4 nitrogen and oxygen atoms in total. The Bertz CT molecular complexity index is 600. The van der Waals surface area contributed by atoms with E-state index in [-0.39, 0.29) is 12.4 Å². The van der Waals surface area contributed by atoms with Crippen LogP contribution >= 0.6 is 12.4 Å². The zero-order chi connectivity index (χ0) is 11.8. The third-order valence-electron chi connectivity index (χ3n) is 3.46. The molecule has 0 saturated carbocycles. The molecule has 18 heavy (non-hydrogen) atoms. The van der Waals surface area contributed by atoms with E-state index in [0.717, 1.165) is 30.9 Å². The van der Waals surface area contributed by atoms with Crippen molar-refractivity contribution in [1.82, 2.24) is 20.3 Å². The number of nitrogens with one attached hydrogen (secondary N) is 2. The quantitative estimate of drug-likeness (QED) is 0.832.